The Morgan fingerprint density at radius 1 is 1.33 bits per heavy atom. The van der Waals surface area contributed by atoms with Gasteiger partial charge in [0.25, 0.3) is 0 Å². The lowest BCUT2D eigenvalue weighted by atomic mass is 10.1. The van der Waals surface area contributed by atoms with E-state index in [0.717, 1.165) is 42.4 Å². The van der Waals surface area contributed by atoms with Crippen molar-refractivity contribution in [2.75, 3.05) is 13.1 Å². The Morgan fingerprint density at radius 3 is 2.89 bits per heavy atom. The summed E-state index contributed by atoms with van der Waals surface area (Å²) in [5, 5.41) is 1.76. The first-order valence-electron chi connectivity index (χ1n) is 6.27. The SMILES string of the molecule is O=C(Cc1c[nH]c2ccc(Cl)cc12)N1CCCC1. The monoisotopic (exact) mass is 262 g/mol. The normalized spacial score (nSPS) is 15.5. The minimum atomic E-state index is 0.216. The molecule has 1 aliphatic rings. The average molecular weight is 263 g/mol. The lowest BCUT2D eigenvalue weighted by Gasteiger charge is -2.14. The molecule has 0 saturated carbocycles. The number of carbonyl (C=O) groups is 1. The first-order chi connectivity index (χ1) is 8.74. The molecule has 2 aromatic rings. The molecule has 1 saturated heterocycles. The zero-order valence-electron chi connectivity index (χ0n) is 10.1. The van der Waals surface area contributed by atoms with Crippen LogP contribution in [-0.2, 0) is 11.2 Å². The molecule has 0 atom stereocenters. The number of rotatable bonds is 2. The Bertz CT molecular complexity index is 584. The Hall–Kier alpha value is -1.48. The first kappa shape index (κ1) is 11.6. The van der Waals surface area contributed by atoms with E-state index in [4.69, 9.17) is 11.6 Å². The van der Waals surface area contributed by atoms with Gasteiger partial charge < -0.3 is 9.88 Å². The fourth-order valence-electron chi connectivity index (χ4n) is 2.54. The molecule has 2 heterocycles. The Labute approximate surface area is 111 Å². The Balaban J connectivity index is 1.85. The van der Waals surface area contributed by atoms with E-state index in [1.165, 1.54) is 0 Å². The second kappa shape index (κ2) is 4.65. The molecule has 0 aliphatic carbocycles. The van der Waals surface area contributed by atoms with E-state index in [-0.39, 0.29) is 5.91 Å². The molecule has 1 aliphatic heterocycles. The molecule has 0 bridgehead atoms. The molecule has 0 unspecified atom stereocenters. The molecule has 0 radical (unpaired) electrons. The van der Waals surface area contributed by atoms with E-state index >= 15 is 0 Å². The van der Waals surface area contributed by atoms with Crippen LogP contribution in [0, 0.1) is 0 Å². The van der Waals surface area contributed by atoms with E-state index < -0.39 is 0 Å². The maximum Gasteiger partial charge on any atom is 0.227 e. The van der Waals surface area contributed by atoms with Gasteiger partial charge in [0, 0.05) is 35.2 Å². The van der Waals surface area contributed by atoms with Crippen molar-refractivity contribution in [1.29, 1.82) is 0 Å². The molecular formula is C14H15ClN2O. The molecule has 1 aromatic carbocycles. The fourth-order valence-corrected chi connectivity index (χ4v) is 2.71. The number of H-pyrrole nitrogens is 1. The molecule has 1 amide bonds. The highest BCUT2D eigenvalue weighted by Gasteiger charge is 2.19. The van der Waals surface area contributed by atoms with Crippen molar-refractivity contribution in [3.8, 4) is 0 Å². The number of carbonyl (C=O) groups excluding carboxylic acids is 1. The van der Waals surface area contributed by atoms with Crippen LogP contribution in [0.3, 0.4) is 0 Å². The van der Waals surface area contributed by atoms with Crippen molar-refractivity contribution >= 4 is 28.4 Å². The van der Waals surface area contributed by atoms with Gasteiger partial charge in [-0.05, 0) is 36.6 Å². The number of benzene rings is 1. The summed E-state index contributed by atoms with van der Waals surface area (Å²) < 4.78 is 0. The van der Waals surface area contributed by atoms with E-state index in [0.29, 0.717) is 11.4 Å². The summed E-state index contributed by atoms with van der Waals surface area (Å²) in [6.07, 6.45) is 4.63. The number of aromatic amines is 1. The molecule has 1 aromatic heterocycles. The maximum atomic E-state index is 12.1. The molecule has 3 nitrogen and oxygen atoms in total. The van der Waals surface area contributed by atoms with Crippen LogP contribution in [0.2, 0.25) is 5.02 Å². The fraction of sp³-hybridized carbons (Fsp3) is 0.357. The minimum absolute atomic E-state index is 0.216. The van der Waals surface area contributed by atoms with Gasteiger partial charge in [0.2, 0.25) is 5.91 Å². The molecule has 3 rings (SSSR count). The number of nitrogens with one attached hydrogen (secondary N) is 1. The number of likely N-dealkylation sites (tertiary alicyclic amines) is 1. The number of hydrogen-bond acceptors (Lipinski definition) is 1. The van der Waals surface area contributed by atoms with Gasteiger partial charge >= 0.3 is 0 Å². The summed E-state index contributed by atoms with van der Waals surface area (Å²) in [5.41, 5.74) is 2.06. The second-order valence-electron chi connectivity index (χ2n) is 4.77. The molecule has 18 heavy (non-hydrogen) atoms. The predicted molar refractivity (Wildman–Crippen MR) is 72.8 cm³/mol. The lowest BCUT2D eigenvalue weighted by molar-refractivity contribution is -0.129. The highest BCUT2D eigenvalue weighted by Crippen LogP contribution is 2.23. The van der Waals surface area contributed by atoms with Crippen LogP contribution in [0.25, 0.3) is 10.9 Å². The van der Waals surface area contributed by atoms with Crippen LogP contribution < -0.4 is 0 Å². The molecule has 94 valence electrons. The zero-order chi connectivity index (χ0) is 12.5. The van der Waals surface area contributed by atoms with Gasteiger partial charge in [0.05, 0.1) is 6.42 Å². The van der Waals surface area contributed by atoms with E-state index in [9.17, 15) is 4.79 Å². The summed E-state index contributed by atoms with van der Waals surface area (Å²) in [7, 11) is 0. The van der Waals surface area contributed by atoms with Gasteiger partial charge in [-0.3, -0.25) is 4.79 Å². The molecule has 1 N–H and O–H groups in total. The number of fused-ring (bicyclic) bond motifs is 1. The summed E-state index contributed by atoms with van der Waals surface area (Å²) in [6.45, 7) is 1.81. The predicted octanol–water partition coefficient (Wildman–Crippen LogP) is 2.99. The van der Waals surface area contributed by atoms with Gasteiger partial charge in [-0.2, -0.15) is 0 Å². The van der Waals surface area contributed by atoms with E-state index in [1.807, 2.05) is 29.3 Å². The highest BCUT2D eigenvalue weighted by molar-refractivity contribution is 6.31. The third-order valence-electron chi connectivity index (χ3n) is 3.53. The van der Waals surface area contributed by atoms with Crippen LogP contribution in [0.4, 0.5) is 0 Å². The third kappa shape index (κ3) is 2.10. The van der Waals surface area contributed by atoms with Gasteiger partial charge in [0.15, 0.2) is 0 Å². The molecule has 0 spiro atoms. The largest absolute Gasteiger partial charge is 0.361 e. The van der Waals surface area contributed by atoms with Gasteiger partial charge in [-0.25, -0.2) is 0 Å². The second-order valence-corrected chi connectivity index (χ2v) is 5.20. The van der Waals surface area contributed by atoms with Crippen molar-refractivity contribution in [2.45, 2.75) is 19.3 Å². The van der Waals surface area contributed by atoms with Crippen LogP contribution in [-0.4, -0.2) is 28.9 Å². The first-order valence-corrected chi connectivity index (χ1v) is 6.65. The van der Waals surface area contributed by atoms with Crippen LogP contribution >= 0.6 is 11.6 Å². The number of hydrogen-bond donors (Lipinski definition) is 1. The number of nitrogens with zero attached hydrogens (tertiary/aromatic N) is 1. The maximum absolute atomic E-state index is 12.1. The van der Waals surface area contributed by atoms with Gasteiger partial charge in [-0.1, -0.05) is 11.6 Å². The highest BCUT2D eigenvalue weighted by atomic mass is 35.5. The molecule has 1 fully saturated rings. The molecule has 4 heteroatoms. The lowest BCUT2D eigenvalue weighted by Crippen LogP contribution is -2.28. The standard InChI is InChI=1S/C14H15ClN2O/c15-11-3-4-13-12(8-11)10(9-16-13)7-14(18)17-5-1-2-6-17/h3-4,8-9,16H,1-2,5-7H2. The number of halogens is 1. The molecular weight excluding hydrogens is 248 g/mol. The smallest absolute Gasteiger partial charge is 0.227 e. The third-order valence-corrected chi connectivity index (χ3v) is 3.77. The van der Waals surface area contributed by atoms with Crippen LogP contribution in [0.15, 0.2) is 24.4 Å². The van der Waals surface area contributed by atoms with Crippen molar-refractivity contribution in [3.05, 3.63) is 35.0 Å². The minimum Gasteiger partial charge on any atom is -0.361 e. The van der Waals surface area contributed by atoms with Gasteiger partial charge in [0.1, 0.15) is 0 Å². The summed E-state index contributed by atoms with van der Waals surface area (Å²) in [5.74, 6) is 0.216. The van der Waals surface area contributed by atoms with Gasteiger partial charge in [-0.15, -0.1) is 0 Å². The van der Waals surface area contributed by atoms with Crippen LogP contribution in [0.1, 0.15) is 18.4 Å². The van der Waals surface area contributed by atoms with Crippen molar-refractivity contribution in [2.24, 2.45) is 0 Å². The van der Waals surface area contributed by atoms with Crippen molar-refractivity contribution < 1.29 is 4.79 Å². The Morgan fingerprint density at radius 2 is 2.11 bits per heavy atom. The summed E-state index contributed by atoms with van der Waals surface area (Å²) in [4.78, 5) is 17.3. The summed E-state index contributed by atoms with van der Waals surface area (Å²) in [6, 6.07) is 5.72. The van der Waals surface area contributed by atoms with Crippen molar-refractivity contribution in [1.82, 2.24) is 9.88 Å². The quantitative estimate of drug-likeness (QED) is 0.887. The van der Waals surface area contributed by atoms with Crippen LogP contribution in [0.5, 0.6) is 0 Å². The Kier molecular flexibility index (Phi) is 3.00. The van der Waals surface area contributed by atoms with E-state index in [2.05, 4.69) is 4.98 Å². The van der Waals surface area contributed by atoms with Crippen molar-refractivity contribution in [3.63, 3.8) is 0 Å². The topological polar surface area (TPSA) is 36.1 Å². The zero-order valence-corrected chi connectivity index (χ0v) is 10.8. The number of aromatic nitrogens is 1. The average Bonchev–Trinajstić information content (AvgIpc) is 2.99. The summed E-state index contributed by atoms with van der Waals surface area (Å²) >= 11 is 6.00. The van der Waals surface area contributed by atoms with E-state index in [1.54, 1.807) is 0 Å². The number of amides is 1.